The van der Waals surface area contributed by atoms with E-state index in [2.05, 4.69) is 0 Å². The molecule has 2 atom stereocenters. The van der Waals surface area contributed by atoms with Crippen LogP contribution in [0.2, 0.25) is 0 Å². The standard InChI is InChI=1S/C19H21N3O3/c20-18(21)14-7-4-8-15(9-14)25-16-10-17(19(23)24)22(12-16)11-13-5-2-1-3-6-13/h1-9,16-17H,10-12H2,(H3,20,21)(H,23,24)/t16-,17+/m1/s1. The molecule has 2 aromatic rings. The van der Waals surface area contributed by atoms with Gasteiger partial charge in [0.2, 0.25) is 0 Å². The maximum absolute atomic E-state index is 11.6. The first kappa shape index (κ1) is 17.0. The van der Waals surface area contributed by atoms with Crippen LogP contribution in [0.1, 0.15) is 17.5 Å². The van der Waals surface area contributed by atoms with Gasteiger partial charge in [0.05, 0.1) is 0 Å². The number of hydrogen-bond donors (Lipinski definition) is 3. The van der Waals surface area contributed by atoms with E-state index in [4.69, 9.17) is 15.9 Å². The first-order chi connectivity index (χ1) is 12.0. The molecule has 2 aromatic carbocycles. The fourth-order valence-electron chi connectivity index (χ4n) is 3.13. The number of hydrogen-bond acceptors (Lipinski definition) is 4. The fraction of sp³-hybridized carbons (Fsp3) is 0.263. The lowest BCUT2D eigenvalue weighted by Gasteiger charge is -2.20. The van der Waals surface area contributed by atoms with Gasteiger partial charge in [-0.05, 0) is 17.7 Å². The molecule has 1 fully saturated rings. The predicted molar refractivity (Wildman–Crippen MR) is 94.8 cm³/mol. The van der Waals surface area contributed by atoms with E-state index in [9.17, 15) is 9.90 Å². The maximum Gasteiger partial charge on any atom is 0.321 e. The van der Waals surface area contributed by atoms with Crippen molar-refractivity contribution in [3.63, 3.8) is 0 Å². The lowest BCUT2D eigenvalue weighted by molar-refractivity contribution is -0.142. The Morgan fingerprint density at radius 3 is 2.68 bits per heavy atom. The van der Waals surface area contributed by atoms with Crippen LogP contribution in [-0.2, 0) is 11.3 Å². The molecule has 0 aliphatic carbocycles. The third-order valence-corrected chi connectivity index (χ3v) is 4.33. The molecule has 0 aromatic heterocycles. The third kappa shape index (κ3) is 4.16. The highest BCUT2D eigenvalue weighted by atomic mass is 16.5. The molecule has 0 spiro atoms. The van der Waals surface area contributed by atoms with Crippen LogP contribution < -0.4 is 10.5 Å². The first-order valence-corrected chi connectivity index (χ1v) is 8.15. The van der Waals surface area contributed by atoms with Crippen molar-refractivity contribution in [3.8, 4) is 5.75 Å². The molecule has 1 aliphatic heterocycles. The number of nitrogens with zero attached hydrogens (tertiary/aromatic N) is 1. The highest BCUT2D eigenvalue weighted by molar-refractivity contribution is 5.95. The van der Waals surface area contributed by atoms with Crippen molar-refractivity contribution in [2.75, 3.05) is 6.54 Å². The summed E-state index contributed by atoms with van der Waals surface area (Å²) in [5, 5.41) is 17.0. The number of aliphatic carboxylic acids is 1. The maximum atomic E-state index is 11.6. The Balaban J connectivity index is 1.70. The van der Waals surface area contributed by atoms with Gasteiger partial charge in [-0.3, -0.25) is 15.1 Å². The van der Waals surface area contributed by atoms with Gasteiger partial charge in [-0.2, -0.15) is 0 Å². The van der Waals surface area contributed by atoms with E-state index in [0.717, 1.165) is 5.56 Å². The molecule has 6 nitrogen and oxygen atoms in total. The zero-order chi connectivity index (χ0) is 17.8. The van der Waals surface area contributed by atoms with Crippen molar-refractivity contribution in [1.29, 1.82) is 5.41 Å². The molecule has 1 saturated heterocycles. The topological polar surface area (TPSA) is 99.6 Å². The van der Waals surface area contributed by atoms with Crippen LogP contribution in [-0.4, -0.2) is 40.5 Å². The summed E-state index contributed by atoms with van der Waals surface area (Å²) in [6.07, 6.45) is 0.207. The van der Waals surface area contributed by atoms with Crippen LogP contribution in [0.25, 0.3) is 0 Å². The summed E-state index contributed by atoms with van der Waals surface area (Å²) in [5.41, 5.74) is 7.17. The van der Waals surface area contributed by atoms with Crippen LogP contribution in [0.5, 0.6) is 5.75 Å². The van der Waals surface area contributed by atoms with Crippen LogP contribution in [0.3, 0.4) is 0 Å². The number of likely N-dealkylation sites (tertiary alicyclic amines) is 1. The second-order valence-electron chi connectivity index (χ2n) is 6.19. The molecule has 25 heavy (non-hydrogen) atoms. The molecular formula is C19H21N3O3. The Morgan fingerprint density at radius 2 is 2.00 bits per heavy atom. The number of carbonyl (C=O) groups is 1. The molecule has 3 rings (SSSR count). The molecule has 1 heterocycles. The zero-order valence-corrected chi connectivity index (χ0v) is 13.8. The molecule has 0 radical (unpaired) electrons. The van der Waals surface area contributed by atoms with E-state index >= 15 is 0 Å². The molecule has 4 N–H and O–H groups in total. The van der Waals surface area contributed by atoms with E-state index in [1.165, 1.54) is 0 Å². The summed E-state index contributed by atoms with van der Waals surface area (Å²) in [6.45, 7) is 1.11. The quantitative estimate of drug-likeness (QED) is 0.553. The summed E-state index contributed by atoms with van der Waals surface area (Å²) in [5.74, 6) is -0.256. The number of carboxylic acids is 1. The molecule has 6 heteroatoms. The van der Waals surface area contributed by atoms with Crippen molar-refractivity contribution in [2.45, 2.75) is 25.1 Å². The van der Waals surface area contributed by atoms with Gasteiger partial charge in [-0.15, -0.1) is 0 Å². The third-order valence-electron chi connectivity index (χ3n) is 4.33. The molecule has 0 amide bonds. The van der Waals surface area contributed by atoms with Crippen molar-refractivity contribution < 1.29 is 14.6 Å². The Bertz CT molecular complexity index is 764. The predicted octanol–water partition coefficient (Wildman–Crippen LogP) is 2.08. The van der Waals surface area contributed by atoms with Crippen molar-refractivity contribution in [3.05, 3.63) is 65.7 Å². The summed E-state index contributed by atoms with van der Waals surface area (Å²) in [4.78, 5) is 13.5. The highest BCUT2D eigenvalue weighted by Crippen LogP contribution is 2.25. The molecule has 0 saturated carbocycles. The molecular weight excluding hydrogens is 318 g/mol. The molecule has 130 valence electrons. The van der Waals surface area contributed by atoms with Gasteiger partial charge in [0, 0.05) is 25.1 Å². The summed E-state index contributed by atoms with van der Waals surface area (Å²) < 4.78 is 5.96. The minimum Gasteiger partial charge on any atom is -0.489 e. The average molecular weight is 339 g/mol. The molecule has 0 unspecified atom stereocenters. The second-order valence-corrected chi connectivity index (χ2v) is 6.19. The lowest BCUT2D eigenvalue weighted by Crippen LogP contribution is -2.35. The molecule has 1 aliphatic rings. The van der Waals surface area contributed by atoms with E-state index in [-0.39, 0.29) is 11.9 Å². The SMILES string of the molecule is N=C(N)c1cccc(O[C@@H]2C[C@@H](C(=O)O)N(Cc3ccccc3)C2)c1. The molecule has 0 bridgehead atoms. The lowest BCUT2D eigenvalue weighted by atomic mass is 10.1. The zero-order valence-electron chi connectivity index (χ0n) is 13.8. The summed E-state index contributed by atoms with van der Waals surface area (Å²) in [7, 11) is 0. The number of nitrogens with one attached hydrogen (secondary N) is 1. The monoisotopic (exact) mass is 339 g/mol. The average Bonchev–Trinajstić information content (AvgIpc) is 2.98. The van der Waals surface area contributed by atoms with Gasteiger partial charge in [0.1, 0.15) is 23.7 Å². The number of amidine groups is 1. The van der Waals surface area contributed by atoms with Gasteiger partial charge in [-0.1, -0.05) is 42.5 Å². The Morgan fingerprint density at radius 1 is 1.24 bits per heavy atom. The van der Waals surface area contributed by atoms with Gasteiger partial charge in [-0.25, -0.2) is 0 Å². The summed E-state index contributed by atoms with van der Waals surface area (Å²) >= 11 is 0. The van der Waals surface area contributed by atoms with E-state index in [0.29, 0.717) is 30.8 Å². The Hall–Kier alpha value is -2.86. The van der Waals surface area contributed by atoms with Crippen LogP contribution in [0.4, 0.5) is 0 Å². The number of carboxylic acid groups (broad SMARTS) is 1. The second kappa shape index (κ2) is 7.36. The van der Waals surface area contributed by atoms with Gasteiger partial charge >= 0.3 is 5.97 Å². The largest absolute Gasteiger partial charge is 0.489 e. The van der Waals surface area contributed by atoms with E-state index in [1.54, 1.807) is 24.3 Å². The number of rotatable bonds is 6. The fourth-order valence-corrected chi connectivity index (χ4v) is 3.13. The first-order valence-electron chi connectivity index (χ1n) is 8.15. The Labute approximate surface area is 146 Å². The van der Waals surface area contributed by atoms with Crippen LogP contribution in [0, 0.1) is 5.41 Å². The van der Waals surface area contributed by atoms with Gasteiger partial charge in [0.25, 0.3) is 0 Å². The van der Waals surface area contributed by atoms with Crippen molar-refractivity contribution in [1.82, 2.24) is 4.90 Å². The number of nitrogen functional groups attached to an aromatic ring is 1. The van der Waals surface area contributed by atoms with Crippen LogP contribution >= 0.6 is 0 Å². The van der Waals surface area contributed by atoms with Gasteiger partial charge in [0.15, 0.2) is 0 Å². The van der Waals surface area contributed by atoms with Crippen molar-refractivity contribution >= 4 is 11.8 Å². The van der Waals surface area contributed by atoms with Gasteiger partial charge < -0.3 is 15.6 Å². The number of nitrogens with two attached hydrogens (primary N) is 1. The smallest absolute Gasteiger partial charge is 0.321 e. The van der Waals surface area contributed by atoms with Crippen molar-refractivity contribution in [2.24, 2.45) is 5.73 Å². The minimum atomic E-state index is -0.834. The Kier molecular flexibility index (Phi) is 5.00. The van der Waals surface area contributed by atoms with E-state index in [1.807, 2.05) is 35.2 Å². The normalized spacial score (nSPS) is 20.3. The number of ether oxygens (including phenoxy) is 1. The van der Waals surface area contributed by atoms with Crippen LogP contribution in [0.15, 0.2) is 54.6 Å². The highest BCUT2D eigenvalue weighted by Gasteiger charge is 2.37. The van der Waals surface area contributed by atoms with E-state index < -0.39 is 12.0 Å². The number of benzene rings is 2. The minimum absolute atomic E-state index is 0.0222. The summed E-state index contributed by atoms with van der Waals surface area (Å²) in [6, 6.07) is 16.3.